The third-order valence-electron chi connectivity index (χ3n) is 6.02. The first-order valence-electron chi connectivity index (χ1n) is 11.4. The highest BCUT2D eigenvalue weighted by Gasteiger charge is 2.48. The number of oxime groups is 1. The van der Waals surface area contributed by atoms with Crippen molar-refractivity contribution in [2.24, 2.45) is 16.0 Å². The third kappa shape index (κ3) is 5.34. The van der Waals surface area contributed by atoms with E-state index in [4.69, 9.17) is 21.1 Å². The van der Waals surface area contributed by atoms with Gasteiger partial charge in [0.1, 0.15) is 18.0 Å². The van der Waals surface area contributed by atoms with Crippen molar-refractivity contribution in [3.8, 4) is 11.1 Å². The Labute approximate surface area is 222 Å². The summed E-state index contributed by atoms with van der Waals surface area (Å²) in [4.78, 5) is 23.5. The lowest BCUT2D eigenvalue weighted by molar-refractivity contribution is -0.140. The van der Waals surface area contributed by atoms with Crippen LogP contribution in [0.15, 0.2) is 83.2 Å². The van der Waals surface area contributed by atoms with Gasteiger partial charge in [-0.2, -0.15) is 0 Å². The molecule has 15 heteroatoms. The van der Waals surface area contributed by atoms with E-state index in [9.17, 15) is 13.2 Å². The lowest BCUT2D eigenvalue weighted by Gasteiger charge is -2.24. The van der Waals surface area contributed by atoms with Crippen molar-refractivity contribution in [2.75, 3.05) is 5.32 Å². The maximum absolute atomic E-state index is 13.6. The molecule has 0 unspecified atom stereocenters. The summed E-state index contributed by atoms with van der Waals surface area (Å²) in [5.74, 6) is -0.455. The summed E-state index contributed by atoms with van der Waals surface area (Å²) in [6.45, 7) is -0.0505. The van der Waals surface area contributed by atoms with Crippen molar-refractivity contribution in [2.45, 2.75) is 23.5 Å². The van der Waals surface area contributed by atoms with Gasteiger partial charge in [0.2, 0.25) is 15.6 Å². The van der Waals surface area contributed by atoms with E-state index in [1.807, 2.05) is 0 Å². The molecule has 14 nitrogen and oxygen atoms in total. The van der Waals surface area contributed by atoms with Gasteiger partial charge >= 0.3 is 0 Å². The van der Waals surface area contributed by atoms with E-state index in [0.717, 1.165) is 0 Å². The largest absolute Gasteiger partial charge is 0.384 e. The Balaban J connectivity index is 1.40. The molecular weight excluding hydrogens is 524 g/mol. The molecule has 0 spiro atoms. The van der Waals surface area contributed by atoms with Gasteiger partial charge in [0.25, 0.3) is 5.91 Å². The molecule has 0 saturated heterocycles. The number of nitrogen functional groups attached to an aromatic ring is 1. The van der Waals surface area contributed by atoms with Crippen LogP contribution in [0.2, 0.25) is 0 Å². The minimum Gasteiger partial charge on any atom is -0.384 e. The van der Waals surface area contributed by atoms with Crippen LogP contribution in [0, 0.1) is 5.41 Å². The van der Waals surface area contributed by atoms with Gasteiger partial charge in [0.05, 0.1) is 17.2 Å². The number of hydrogen-bond donors (Lipinski definition) is 4. The number of tetrazole rings is 1. The molecule has 2 aromatic heterocycles. The molecule has 1 aliphatic rings. The molecule has 1 amide bonds. The SMILES string of the molecule is N=C(N)c1cccc(C2=NO[C@@](Cn3cnnn3)(C(=O)Nc3ccc(-c4ccccc4S(N)(=O)=O)cn3)C2)c1. The van der Waals surface area contributed by atoms with Gasteiger partial charge < -0.3 is 15.9 Å². The molecule has 39 heavy (non-hydrogen) atoms. The standard InChI is InChI=1S/C24H22N10O4S/c25-22(26)16-5-3-4-15(10-16)19-11-24(38-31-19,13-34-14-29-32-33-34)23(35)30-21-9-8-17(12-28-21)18-6-1-2-7-20(18)39(27,36)37/h1-10,12,14H,11,13H2,(H3,25,26)(H2,27,36,37)(H,28,30,35)/t24-/m0/s1. The number of carbonyl (C=O) groups is 1. The summed E-state index contributed by atoms with van der Waals surface area (Å²) in [6.07, 6.45) is 2.85. The summed E-state index contributed by atoms with van der Waals surface area (Å²) in [6, 6.07) is 16.3. The van der Waals surface area contributed by atoms with Crippen LogP contribution < -0.4 is 16.2 Å². The average Bonchev–Trinajstić information content (AvgIpc) is 3.60. The van der Waals surface area contributed by atoms with Crippen molar-refractivity contribution in [1.82, 2.24) is 25.2 Å². The summed E-state index contributed by atoms with van der Waals surface area (Å²) in [5.41, 5.74) is 6.60. The zero-order valence-electron chi connectivity index (χ0n) is 20.2. The van der Waals surface area contributed by atoms with Crippen molar-refractivity contribution < 1.29 is 18.0 Å². The predicted molar refractivity (Wildman–Crippen MR) is 140 cm³/mol. The van der Waals surface area contributed by atoms with Gasteiger partial charge in [0.15, 0.2) is 0 Å². The second kappa shape index (κ2) is 10.0. The van der Waals surface area contributed by atoms with Gasteiger partial charge in [-0.25, -0.2) is 23.2 Å². The minimum atomic E-state index is -3.95. The van der Waals surface area contributed by atoms with Crippen LogP contribution in [0.3, 0.4) is 0 Å². The molecule has 0 radical (unpaired) electrons. The number of anilines is 1. The van der Waals surface area contributed by atoms with Crippen molar-refractivity contribution >= 4 is 33.3 Å². The number of nitrogens with one attached hydrogen (secondary N) is 2. The van der Waals surface area contributed by atoms with E-state index in [-0.39, 0.29) is 29.5 Å². The predicted octanol–water partition coefficient (Wildman–Crippen LogP) is 0.869. The van der Waals surface area contributed by atoms with Crippen LogP contribution in [0.5, 0.6) is 0 Å². The monoisotopic (exact) mass is 546 g/mol. The number of hydrogen-bond acceptors (Lipinski definition) is 10. The molecule has 0 fully saturated rings. The van der Waals surface area contributed by atoms with E-state index in [1.54, 1.807) is 48.5 Å². The highest BCUT2D eigenvalue weighted by Crippen LogP contribution is 2.31. The fraction of sp³-hybridized carbons (Fsp3) is 0.125. The number of amidine groups is 1. The van der Waals surface area contributed by atoms with Crippen molar-refractivity contribution in [3.63, 3.8) is 0 Å². The van der Waals surface area contributed by atoms with Crippen LogP contribution in [0.25, 0.3) is 11.1 Å². The Morgan fingerprint density at radius 1 is 1.13 bits per heavy atom. The van der Waals surface area contributed by atoms with Gasteiger partial charge in [-0.15, -0.1) is 5.10 Å². The number of nitrogens with zero attached hydrogens (tertiary/aromatic N) is 6. The molecule has 0 aliphatic carbocycles. The first-order chi connectivity index (χ1) is 18.6. The number of pyridine rings is 1. The van der Waals surface area contributed by atoms with E-state index >= 15 is 0 Å². The number of nitrogens with two attached hydrogens (primary N) is 2. The molecule has 0 saturated carbocycles. The number of rotatable bonds is 8. The minimum absolute atomic E-state index is 0.0399. The number of sulfonamides is 1. The normalized spacial score (nSPS) is 16.8. The number of aromatic nitrogens is 5. The fourth-order valence-corrected chi connectivity index (χ4v) is 4.86. The van der Waals surface area contributed by atoms with E-state index in [2.05, 4.69) is 31.0 Å². The van der Waals surface area contributed by atoms with Gasteiger partial charge in [0, 0.05) is 34.9 Å². The first-order valence-corrected chi connectivity index (χ1v) is 13.0. The van der Waals surface area contributed by atoms with Crippen LogP contribution in [0.4, 0.5) is 5.82 Å². The first kappa shape index (κ1) is 25.6. The van der Waals surface area contributed by atoms with E-state index in [0.29, 0.717) is 28.0 Å². The molecular formula is C24H22N10O4S. The Hall–Kier alpha value is -5.02. The van der Waals surface area contributed by atoms with E-state index < -0.39 is 21.5 Å². The highest BCUT2D eigenvalue weighted by atomic mass is 32.2. The summed E-state index contributed by atoms with van der Waals surface area (Å²) in [5, 5.41) is 31.0. The van der Waals surface area contributed by atoms with Gasteiger partial charge in [-0.3, -0.25) is 10.2 Å². The summed E-state index contributed by atoms with van der Waals surface area (Å²) >= 11 is 0. The summed E-state index contributed by atoms with van der Waals surface area (Å²) in [7, 11) is -3.95. The zero-order valence-corrected chi connectivity index (χ0v) is 21.0. The van der Waals surface area contributed by atoms with Crippen molar-refractivity contribution in [3.05, 3.63) is 84.3 Å². The molecule has 2 aromatic carbocycles. The van der Waals surface area contributed by atoms with Gasteiger partial charge in [-0.05, 0) is 34.7 Å². The number of benzene rings is 2. The highest BCUT2D eigenvalue weighted by molar-refractivity contribution is 7.89. The lowest BCUT2D eigenvalue weighted by atomic mass is 9.92. The molecule has 4 aromatic rings. The maximum atomic E-state index is 13.6. The summed E-state index contributed by atoms with van der Waals surface area (Å²) < 4.78 is 25.3. The lowest BCUT2D eigenvalue weighted by Crippen LogP contribution is -2.47. The smallest absolute Gasteiger partial charge is 0.274 e. The van der Waals surface area contributed by atoms with Gasteiger partial charge in [-0.1, -0.05) is 41.6 Å². The molecule has 1 atom stereocenters. The topological polar surface area (TPSA) is 217 Å². The van der Waals surface area contributed by atoms with E-state index in [1.165, 1.54) is 29.3 Å². The maximum Gasteiger partial charge on any atom is 0.274 e. The zero-order chi connectivity index (χ0) is 27.6. The number of primary sulfonamides is 1. The molecule has 5 rings (SSSR count). The quantitative estimate of drug-likeness (QED) is 0.182. The molecule has 198 valence electrons. The van der Waals surface area contributed by atoms with Crippen LogP contribution in [0.1, 0.15) is 17.5 Å². The second-order valence-corrected chi connectivity index (χ2v) is 10.3. The Morgan fingerprint density at radius 2 is 1.95 bits per heavy atom. The Morgan fingerprint density at radius 3 is 2.64 bits per heavy atom. The molecule has 6 N–H and O–H groups in total. The van der Waals surface area contributed by atoms with Crippen molar-refractivity contribution in [1.29, 1.82) is 5.41 Å². The third-order valence-corrected chi connectivity index (χ3v) is 6.99. The molecule has 3 heterocycles. The number of amides is 1. The van der Waals surface area contributed by atoms with Crippen LogP contribution in [-0.4, -0.2) is 56.7 Å². The number of carbonyl (C=O) groups excluding carboxylic acids is 1. The Kier molecular flexibility index (Phi) is 6.59. The van der Waals surface area contributed by atoms with Crippen LogP contribution in [-0.2, 0) is 26.2 Å². The average molecular weight is 547 g/mol. The van der Waals surface area contributed by atoms with Crippen LogP contribution >= 0.6 is 0 Å². The fourth-order valence-electron chi connectivity index (χ4n) is 4.10. The molecule has 1 aliphatic heterocycles. The molecule has 0 bridgehead atoms. The second-order valence-electron chi connectivity index (χ2n) is 8.73. The Bertz CT molecular complexity index is 1690.